The molecule has 3 aliphatic carbocycles. The Morgan fingerprint density at radius 2 is 2.23 bits per heavy atom. The van der Waals surface area contributed by atoms with Crippen molar-refractivity contribution < 1.29 is 9.53 Å². The molecule has 0 aliphatic heterocycles. The van der Waals surface area contributed by atoms with Crippen LogP contribution < -0.4 is 5.32 Å². The van der Waals surface area contributed by atoms with Crippen LogP contribution in [0.4, 0.5) is 4.79 Å². The minimum atomic E-state index is -0.315. The lowest BCUT2D eigenvalue weighted by Gasteiger charge is -2.41. The Bertz CT molecular complexity index is 239. The van der Waals surface area contributed by atoms with Gasteiger partial charge < -0.3 is 10.1 Å². The number of methoxy groups -OCH3 is 1. The van der Waals surface area contributed by atoms with Crippen molar-refractivity contribution in [3.63, 3.8) is 0 Å². The molecule has 0 aromatic rings. The van der Waals surface area contributed by atoms with Gasteiger partial charge in [0, 0.05) is 0 Å². The highest BCUT2D eigenvalue weighted by Gasteiger charge is 2.37. The molecule has 0 radical (unpaired) electrons. The first-order valence-corrected chi connectivity index (χ1v) is 4.80. The smallest absolute Gasteiger partial charge is 0.407 e. The summed E-state index contributed by atoms with van der Waals surface area (Å²) in [4.78, 5) is 11.1. The lowest BCUT2D eigenvalue weighted by atomic mass is 9.71. The Hall–Kier alpha value is -0.990. The van der Waals surface area contributed by atoms with Crippen LogP contribution in [-0.2, 0) is 4.74 Å². The molecule has 1 saturated carbocycles. The van der Waals surface area contributed by atoms with Crippen molar-refractivity contribution in [2.24, 2.45) is 5.92 Å². The monoisotopic (exact) mass is 181 g/mol. The Morgan fingerprint density at radius 3 is 2.69 bits per heavy atom. The summed E-state index contributed by atoms with van der Waals surface area (Å²) in [7, 11) is 1.41. The van der Waals surface area contributed by atoms with Crippen molar-refractivity contribution in [1.82, 2.24) is 5.32 Å². The molecule has 0 aromatic heterocycles. The van der Waals surface area contributed by atoms with Crippen molar-refractivity contribution >= 4 is 6.09 Å². The van der Waals surface area contributed by atoms with Crippen molar-refractivity contribution in [2.75, 3.05) is 7.11 Å². The maximum atomic E-state index is 11.1. The van der Waals surface area contributed by atoms with Crippen molar-refractivity contribution in [2.45, 2.75) is 31.2 Å². The number of hydrogen-bond acceptors (Lipinski definition) is 2. The van der Waals surface area contributed by atoms with E-state index in [0.717, 1.165) is 18.8 Å². The number of alkyl carbamates (subject to hydrolysis) is 1. The lowest BCUT2D eigenvalue weighted by molar-refractivity contribution is 0.147. The molecule has 1 fully saturated rings. The van der Waals surface area contributed by atoms with Gasteiger partial charge in [-0.25, -0.2) is 4.79 Å². The molecule has 3 heteroatoms. The molecule has 3 aliphatic rings. The Kier molecular flexibility index (Phi) is 2.02. The fourth-order valence-corrected chi connectivity index (χ4v) is 2.26. The lowest BCUT2D eigenvalue weighted by Crippen LogP contribution is -2.51. The number of allylic oxidation sites excluding steroid dienone is 1. The Morgan fingerprint density at radius 1 is 1.54 bits per heavy atom. The normalized spacial score (nSPS) is 35.9. The number of amides is 1. The van der Waals surface area contributed by atoms with E-state index in [0.29, 0.717) is 0 Å². The quantitative estimate of drug-likeness (QED) is 0.627. The number of rotatable bonds is 1. The first-order chi connectivity index (χ1) is 6.24. The minimum absolute atomic E-state index is 0.0954. The average molecular weight is 181 g/mol. The predicted molar refractivity (Wildman–Crippen MR) is 49.4 cm³/mol. The van der Waals surface area contributed by atoms with Crippen LogP contribution in [0.2, 0.25) is 0 Å². The van der Waals surface area contributed by atoms with Crippen molar-refractivity contribution in [3.05, 3.63) is 12.2 Å². The van der Waals surface area contributed by atoms with Crippen LogP contribution in [0.1, 0.15) is 25.7 Å². The molecule has 13 heavy (non-hydrogen) atoms. The second-order valence-corrected chi connectivity index (χ2v) is 3.97. The van der Waals surface area contributed by atoms with Crippen LogP contribution in [0.5, 0.6) is 0 Å². The molecule has 0 unspecified atom stereocenters. The Balaban J connectivity index is 2.07. The van der Waals surface area contributed by atoms with Gasteiger partial charge in [0.15, 0.2) is 0 Å². The summed E-state index contributed by atoms with van der Waals surface area (Å²) in [5.74, 6) is 0.751. The molecule has 72 valence electrons. The van der Waals surface area contributed by atoms with E-state index >= 15 is 0 Å². The third-order valence-electron chi connectivity index (χ3n) is 3.15. The zero-order chi connectivity index (χ0) is 9.31. The third kappa shape index (κ3) is 1.55. The Labute approximate surface area is 78.1 Å². The zero-order valence-corrected chi connectivity index (χ0v) is 7.88. The number of nitrogens with one attached hydrogen (secondary N) is 1. The van der Waals surface area contributed by atoms with Crippen LogP contribution in [0.25, 0.3) is 0 Å². The standard InChI is InChI=1S/C10H15NO2/c1-13-9(12)11-10-5-2-8(3-6-10)4-7-10/h2,5,8H,3-4,6-7H2,1H3,(H,11,12). The van der Waals surface area contributed by atoms with Crippen LogP contribution in [-0.4, -0.2) is 18.7 Å². The van der Waals surface area contributed by atoms with Gasteiger partial charge in [-0.2, -0.15) is 0 Å². The van der Waals surface area contributed by atoms with Gasteiger partial charge in [-0.05, 0) is 31.6 Å². The summed E-state index contributed by atoms with van der Waals surface area (Å²) in [5, 5.41) is 2.92. The summed E-state index contributed by atoms with van der Waals surface area (Å²) >= 11 is 0. The molecule has 0 saturated heterocycles. The first-order valence-electron chi connectivity index (χ1n) is 4.80. The minimum Gasteiger partial charge on any atom is -0.453 e. The molecule has 3 nitrogen and oxygen atoms in total. The summed E-state index contributed by atoms with van der Waals surface area (Å²) in [5.41, 5.74) is -0.0954. The molecule has 0 spiro atoms. The highest BCUT2D eigenvalue weighted by atomic mass is 16.5. The highest BCUT2D eigenvalue weighted by Crippen LogP contribution is 2.38. The van der Waals surface area contributed by atoms with Crippen molar-refractivity contribution in [1.29, 1.82) is 0 Å². The van der Waals surface area contributed by atoms with Gasteiger partial charge in [0.1, 0.15) is 0 Å². The second kappa shape index (κ2) is 3.05. The number of hydrogen-bond donors (Lipinski definition) is 1. The summed E-state index contributed by atoms with van der Waals surface area (Å²) in [6.07, 6.45) is 8.56. The van der Waals surface area contributed by atoms with E-state index in [4.69, 9.17) is 0 Å². The van der Waals surface area contributed by atoms with E-state index in [1.165, 1.54) is 20.0 Å². The van der Waals surface area contributed by atoms with E-state index in [-0.39, 0.29) is 11.6 Å². The fourth-order valence-electron chi connectivity index (χ4n) is 2.26. The number of carbonyl (C=O) groups excluding carboxylic acids is 1. The molecule has 0 heterocycles. The highest BCUT2D eigenvalue weighted by molar-refractivity contribution is 5.68. The molecule has 0 atom stereocenters. The molecule has 1 amide bonds. The van der Waals surface area contributed by atoms with Crippen LogP contribution in [0, 0.1) is 5.92 Å². The molecule has 1 N–H and O–H groups in total. The number of fused-ring (bicyclic) bond motifs is 2. The van der Waals surface area contributed by atoms with Crippen molar-refractivity contribution in [3.8, 4) is 0 Å². The maximum Gasteiger partial charge on any atom is 0.407 e. The zero-order valence-electron chi connectivity index (χ0n) is 7.88. The first kappa shape index (κ1) is 8.60. The van der Waals surface area contributed by atoms with Gasteiger partial charge in [0.05, 0.1) is 12.6 Å². The SMILES string of the molecule is COC(=O)NC12C=CC(CC1)CC2. The maximum absolute atomic E-state index is 11.1. The van der Waals surface area contributed by atoms with E-state index in [1.807, 2.05) is 0 Å². The largest absolute Gasteiger partial charge is 0.453 e. The van der Waals surface area contributed by atoms with E-state index in [1.54, 1.807) is 0 Å². The van der Waals surface area contributed by atoms with Crippen LogP contribution in [0.3, 0.4) is 0 Å². The van der Waals surface area contributed by atoms with Crippen LogP contribution in [0.15, 0.2) is 12.2 Å². The van der Waals surface area contributed by atoms with E-state index in [9.17, 15) is 4.79 Å². The molecular weight excluding hydrogens is 166 g/mol. The molecular formula is C10H15NO2. The third-order valence-corrected chi connectivity index (χ3v) is 3.15. The van der Waals surface area contributed by atoms with E-state index < -0.39 is 0 Å². The van der Waals surface area contributed by atoms with Gasteiger partial charge in [0.25, 0.3) is 0 Å². The second-order valence-electron chi connectivity index (χ2n) is 3.97. The van der Waals surface area contributed by atoms with Crippen LogP contribution >= 0.6 is 0 Å². The van der Waals surface area contributed by atoms with Gasteiger partial charge in [-0.3, -0.25) is 0 Å². The van der Waals surface area contributed by atoms with Gasteiger partial charge in [0.2, 0.25) is 0 Å². The van der Waals surface area contributed by atoms with Gasteiger partial charge >= 0.3 is 6.09 Å². The predicted octanol–water partition coefficient (Wildman–Crippen LogP) is 1.84. The average Bonchev–Trinajstić information content (AvgIpc) is 2.20. The fraction of sp³-hybridized carbons (Fsp3) is 0.700. The topological polar surface area (TPSA) is 38.3 Å². The van der Waals surface area contributed by atoms with Gasteiger partial charge in [-0.1, -0.05) is 12.2 Å². The van der Waals surface area contributed by atoms with E-state index in [2.05, 4.69) is 22.2 Å². The van der Waals surface area contributed by atoms with Gasteiger partial charge in [-0.15, -0.1) is 0 Å². The summed E-state index contributed by atoms with van der Waals surface area (Å²) < 4.78 is 4.61. The summed E-state index contributed by atoms with van der Waals surface area (Å²) in [6.45, 7) is 0. The number of carbonyl (C=O) groups is 1. The number of ether oxygens (including phenoxy) is 1. The summed E-state index contributed by atoms with van der Waals surface area (Å²) in [6, 6.07) is 0. The molecule has 0 aromatic carbocycles. The molecule has 2 bridgehead atoms. The molecule has 3 rings (SSSR count).